The van der Waals surface area contributed by atoms with E-state index < -0.39 is 21.4 Å². The quantitative estimate of drug-likeness (QED) is 0.263. The molecule has 1 heterocycles. The van der Waals surface area contributed by atoms with E-state index in [9.17, 15) is 25.0 Å². The lowest BCUT2D eigenvalue weighted by Gasteiger charge is -2.20. The summed E-state index contributed by atoms with van der Waals surface area (Å²) in [6, 6.07) is 5.16. The second kappa shape index (κ2) is 6.96. The second-order valence-corrected chi connectivity index (χ2v) is 5.62. The van der Waals surface area contributed by atoms with Crippen molar-refractivity contribution in [2.75, 3.05) is 0 Å². The van der Waals surface area contributed by atoms with Crippen LogP contribution in [-0.4, -0.2) is 31.4 Å². The molecule has 2 aromatic rings. The Bertz CT molecular complexity index is 886. The van der Waals surface area contributed by atoms with E-state index in [0.29, 0.717) is 5.56 Å². The molecule has 1 aromatic carbocycles. The van der Waals surface area contributed by atoms with Gasteiger partial charge in [-0.05, 0) is 26.0 Å². The van der Waals surface area contributed by atoms with Crippen molar-refractivity contribution in [1.82, 2.24) is 9.78 Å². The first-order valence-corrected chi connectivity index (χ1v) is 7.12. The average molecular weight is 362 g/mol. The minimum atomic E-state index is -1.38. The van der Waals surface area contributed by atoms with Crippen LogP contribution in [0.5, 0.6) is 0 Å². The predicted molar refractivity (Wildman–Crippen MR) is 88.1 cm³/mol. The number of rotatable bonds is 6. The van der Waals surface area contributed by atoms with E-state index in [1.54, 1.807) is 0 Å². The zero-order valence-corrected chi connectivity index (χ0v) is 13.7. The Hall–Kier alpha value is -3.83. The average Bonchev–Trinajstić information content (AvgIpc) is 3.10. The maximum absolute atomic E-state index is 12.2. The van der Waals surface area contributed by atoms with Crippen LogP contribution in [0.4, 0.5) is 11.4 Å². The highest BCUT2D eigenvalue weighted by Crippen LogP contribution is 2.20. The van der Waals surface area contributed by atoms with Crippen molar-refractivity contribution < 1.29 is 19.5 Å². The van der Waals surface area contributed by atoms with Crippen molar-refractivity contribution >= 4 is 23.2 Å². The van der Waals surface area contributed by atoms with Gasteiger partial charge in [0.15, 0.2) is 11.4 Å². The third-order valence-corrected chi connectivity index (χ3v) is 3.45. The highest BCUT2D eigenvalue weighted by Gasteiger charge is 2.34. The number of nitro groups is 2. The highest BCUT2D eigenvalue weighted by molar-refractivity contribution is 5.97. The van der Waals surface area contributed by atoms with Gasteiger partial charge in [0.25, 0.3) is 5.69 Å². The largest absolute Gasteiger partial charge is 0.380 e. The number of amidine groups is 1. The molecule has 12 nitrogen and oxygen atoms in total. The van der Waals surface area contributed by atoms with E-state index in [-0.39, 0.29) is 17.2 Å². The lowest BCUT2D eigenvalue weighted by atomic mass is 10.1. The number of hydrogen-bond acceptors (Lipinski definition) is 8. The molecule has 0 aliphatic carbocycles. The van der Waals surface area contributed by atoms with Crippen LogP contribution in [0, 0.1) is 20.2 Å². The molecule has 0 bridgehead atoms. The first-order valence-electron chi connectivity index (χ1n) is 7.12. The zero-order chi connectivity index (χ0) is 19.5. The van der Waals surface area contributed by atoms with Gasteiger partial charge in [0.1, 0.15) is 12.4 Å². The molecule has 0 radical (unpaired) electrons. The number of benzene rings is 1. The van der Waals surface area contributed by atoms with Crippen molar-refractivity contribution in [3.05, 3.63) is 62.5 Å². The van der Waals surface area contributed by atoms with Crippen LogP contribution in [0.3, 0.4) is 0 Å². The van der Waals surface area contributed by atoms with Gasteiger partial charge in [-0.1, -0.05) is 5.16 Å². The van der Waals surface area contributed by atoms with Crippen molar-refractivity contribution in [3.63, 3.8) is 0 Å². The lowest BCUT2D eigenvalue weighted by Crippen LogP contribution is -2.37. The molecule has 0 fully saturated rings. The Balaban J connectivity index is 2.13. The number of nitrogens with zero attached hydrogens (tertiary/aromatic N) is 5. The maximum atomic E-state index is 12.2. The standard InChI is InChI=1S/C14H14N6O6/c1-14(2,18-8-11(7-16-18)20(24)25)13(21)26-17-12(15)9-3-5-10(6-4-9)19(22)23/h3-8H,1-2H3,(H2,15,17). The SMILES string of the molecule is CC(C)(C(=O)O/N=C(\N)c1ccc([N+](=O)[O-])cc1)n1cc([N+](=O)[O-])cn1. The van der Waals surface area contributed by atoms with E-state index in [1.807, 2.05) is 0 Å². The number of hydrogen-bond donors (Lipinski definition) is 1. The van der Waals surface area contributed by atoms with Crippen LogP contribution in [0.25, 0.3) is 0 Å². The Morgan fingerprint density at radius 1 is 1.19 bits per heavy atom. The van der Waals surface area contributed by atoms with Gasteiger partial charge in [-0.15, -0.1) is 0 Å². The third kappa shape index (κ3) is 3.80. The molecule has 0 aliphatic rings. The van der Waals surface area contributed by atoms with Crippen LogP contribution in [-0.2, 0) is 15.2 Å². The number of non-ortho nitro benzene ring substituents is 1. The monoisotopic (exact) mass is 362 g/mol. The molecule has 2 N–H and O–H groups in total. The molecule has 136 valence electrons. The fourth-order valence-corrected chi connectivity index (χ4v) is 1.82. The number of carbonyl (C=O) groups excluding carboxylic acids is 1. The predicted octanol–water partition coefficient (Wildman–Crippen LogP) is 1.30. The molecule has 0 aliphatic heterocycles. The molecule has 0 spiro atoms. The molecule has 2 rings (SSSR count). The van der Waals surface area contributed by atoms with Crippen LogP contribution in [0.2, 0.25) is 0 Å². The third-order valence-electron chi connectivity index (χ3n) is 3.45. The number of aromatic nitrogens is 2. The van der Waals surface area contributed by atoms with E-state index in [4.69, 9.17) is 10.6 Å². The summed E-state index contributed by atoms with van der Waals surface area (Å²) in [6.45, 7) is 2.87. The van der Waals surface area contributed by atoms with Gasteiger partial charge in [-0.3, -0.25) is 20.2 Å². The van der Waals surface area contributed by atoms with Crippen molar-refractivity contribution in [2.24, 2.45) is 10.9 Å². The van der Waals surface area contributed by atoms with Crippen LogP contribution >= 0.6 is 0 Å². The van der Waals surface area contributed by atoms with E-state index in [0.717, 1.165) is 17.1 Å². The molecule has 0 unspecified atom stereocenters. The van der Waals surface area contributed by atoms with E-state index in [2.05, 4.69) is 10.3 Å². The Kier molecular flexibility index (Phi) is 4.96. The summed E-state index contributed by atoms with van der Waals surface area (Å²) in [7, 11) is 0. The normalized spacial score (nSPS) is 11.8. The Morgan fingerprint density at radius 3 is 2.27 bits per heavy atom. The smallest absolute Gasteiger partial charge is 0.361 e. The summed E-state index contributed by atoms with van der Waals surface area (Å²) < 4.78 is 1.07. The first kappa shape index (κ1) is 18.5. The minimum Gasteiger partial charge on any atom is -0.380 e. The molecule has 12 heteroatoms. The van der Waals surface area contributed by atoms with Crippen LogP contribution in [0.15, 0.2) is 41.8 Å². The summed E-state index contributed by atoms with van der Waals surface area (Å²) in [5, 5.41) is 28.6. The molecular formula is C14H14N6O6. The van der Waals surface area contributed by atoms with Gasteiger partial charge in [0, 0.05) is 17.7 Å². The summed E-state index contributed by atoms with van der Waals surface area (Å²) in [5.74, 6) is -1.03. The van der Waals surface area contributed by atoms with Gasteiger partial charge in [-0.25, -0.2) is 9.48 Å². The molecular weight excluding hydrogens is 348 g/mol. The topological polar surface area (TPSA) is 169 Å². The van der Waals surface area contributed by atoms with E-state index >= 15 is 0 Å². The molecule has 0 amide bonds. The van der Waals surface area contributed by atoms with Gasteiger partial charge in [0.2, 0.25) is 0 Å². The summed E-state index contributed by atoms with van der Waals surface area (Å²) in [5.41, 5.74) is 4.22. The van der Waals surface area contributed by atoms with Crippen molar-refractivity contribution in [1.29, 1.82) is 0 Å². The molecule has 1 aromatic heterocycles. The van der Waals surface area contributed by atoms with Crippen molar-refractivity contribution in [2.45, 2.75) is 19.4 Å². The Labute approximate surface area is 146 Å². The number of nitrogens with two attached hydrogens (primary N) is 1. The molecule has 0 saturated carbocycles. The van der Waals surface area contributed by atoms with Gasteiger partial charge < -0.3 is 10.6 Å². The van der Waals surface area contributed by atoms with Crippen LogP contribution < -0.4 is 5.73 Å². The Morgan fingerprint density at radius 2 is 1.77 bits per heavy atom. The summed E-state index contributed by atoms with van der Waals surface area (Å²) in [6.07, 6.45) is 2.09. The fourth-order valence-electron chi connectivity index (χ4n) is 1.82. The lowest BCUT2D eigenvalue weighted by molar-refractivity contribution is -0.385. The second-order valence-electron chi connectivity index (χ2n) is 5.62. The zero-order valence-electron chi connectivity index (χ0n) is 13.7. The number of nitro benzene ring substituents is 1. The highest BCUT2D eigenvalue weighted by atomic mass is 16.7. The summed E-state index contributed by atoms with van der Waals surface area (Å²) >= 11 is 0. The van der Waals surface area contributed by atoms with E-state index in [1.165, 1.54) is 38.1 Å². The van der Waals surface area contributed by atoms with Crippen LogP contribution in [0.1, 0.15) is 19.4 Å². The van der Waals surface area contributed by atoms with Gasteiger partial charge >= 0.3 is 11.7 Å². The summed E-state index contributed by atoms with van der Waals surface area (Å²) in [4.78, 5) is 37.1. The molecule has 0 saturated heterocycles. The first-order chi connectivity index (χ1) is 12.1. The number of carbonyl (C=O) groups is 1. The number of oxime groups is 1. The minimum absolute atomic E-state index is 0.125. The molecule has 26 heavy (non-hydrogen) atoms. The van der Waals surface area contributed by atoms with Gasteiger partial charge in [-0.2, -0.15) is 5.10 Å². The van der Waals surface area contributed by atoms with Crippen molar-refractivity contribution in [3.8, 4) is 0 Å². The maximum Gasteiger partial charge on any atom is 0.361 e. The molecule has 0 atom stereocenters. The fraction of sp³-hybridized carbons (Fsp3) is 0.214. The van der Waals surface area contributed by atoms with Gasteiger partial charge in [0.05, 0.1) is 9.85 Å².